The number of fused-ring (bicyclic) bond motifs is 1. The number of carbonyl (C=O) groups excluding carboxylic acids is 3. The van der Waals surface area contributed by atoms with E-state index in [1.165, 1.54) is 6.07 Å². The molecule has 1 aromatic heterocycles. The summed E-state index contributed by atoms with van der Waals surface area (Å²) >= 11 is 0. The topological polar surface area (TPSA) is 103 Å². The Bertz CT molecular complexity index is 870. The van der Waals surface area contributed by atoms with E-state index in [2.05, 4.69) is 0 Å². The van der Waals surface area contributed by atoms with Crippen molar-refractivity contribution in [1.82, 2.24) is 5.06 Å². The van der Waals surface area contributed by atoms with Crippen molar-refractivity contribution in [3.63, 3.8) is 0 Å². The first-order valence-electron chi connectivity index (χ1n) is 7.76. The van der Waals surface area contributed by atoms with Gasteiger partial charge in [-0.2, -0.15) is 0 Å². The van der Waals surface area contributed by atoms with Crippen LogP contribution >= 0.6 is 0 Å². The van der Waals surface area contributed by atoms with Gasteiger partial charge in [0.1, 0.15) is 11.3 Å². The summed E-state index contributed by atoms with van der Waals surface area (Å²) in [6.07, 6.45) is 0.464. The minimum Gasteiger partial charge on any atom is -0.493 e. The number of amides is 2. The van der Waals surface area contributed by atoms with Gasteiger partial charge in [0.2, 0.25) is 0 Å². The summed E-state index contributed by atoms with van der Waals surface area (Å²) in [5, 5.41) is 1.30. The van der Waals surface area contributed by atoms with Gasteiger partial charge in [-0.05, 0) is 24.6 Å². The fraction of sp³-hybridized carbons (Fsp3) is 0.294. The van der Waals surface area contributed by atoms with E-state index >= 15 is 0 Å². The van der Waals surface area contributed by atoms with Crippen molar-refractivity contribution in [3.8, 4) is 5.75 Å². The van der Waals surface area contributed by atoms with Crippen LogP contribution in [0, 0.1) is 0 Å². The molecule has 1 aliphatic heterocycles. The SMILES string of the molecule is O=C(CCCOc1ccc2ccc(=O)oc2c1)ON1C(=O)CCC1=O. The molecule has 0 spiro atoms. The highest BCUT2D eigenvalue weighted by atomic mass is 16.7. The molecular weight excluding hydrogens is 330 g/mol. The Hall–Kier alpha value is -3.16. The van der Waals surface area contributed by atoms with Crippen molar-refractivity contribution >= 4 is 28.8 Å². The van der Waals surface area contributed by atoms with Crippen molar-refractivity contribution < 1.29 is 28.4 Å². The summed E-state index contributed by atoms with van der Waals surface area (Å²) in [5.74, 6) is -1.18. The summed E-state index contributed by atoms with van der Waals surface area (Å²) < 4.78 is 10.6. The van der Waals surface area contributed by atoms with Gasteiger partial charge in [-0.1, -0.05) is 0 Å². The van der Waals surface area contributed by atoms with E-state index in [1.807, 2.05) is 0 Å². The van der Waals surface area contributed by atoms with E-state index in [4.69, 9.17) is 14.0 Å². The number of ether oxygens (including phenoxy) is 1. The largest absolute Gasteiger partial charge is 0.493 e. The van der Waals surface area contributed by atoms with E-state index in [1.54, 1.807) is 24.3 Å². The summed E-state index contributed by atoms with van der Waals surface area (Å²) in [5.41, 5.74) is -0.0335. The van der Waals surface area contributed by atoms with E-state index in [-0.39, 0.29) is 25.9 Å². The Balaban J connectivity index is 1.46. The van der Waals surface area contributed by atoms with Crippen LogP contribution in [0.2, 0.25) is 0 Å². The zero-order valence-corrected chi connectivity index (χ0v) is 13.2. The van der Waals surface area contributed by atoms with Gasteiger partial charge in [0.05, 0.1) is 13.0 Å². The number of hydroxylamine groups is 2. The summed E-state index contributed by atoms with van der Waals surface area (Å²) in [4.78, 5) is 50.3. The Morgan fingerprint density at radius 2 is 1.80 bits per heavy atom. The van der Waals surface area contributed by atoms with E-state index in [0.717, 1.165) is 5.39 Å². The maximum atomic E-state index is 11.6. The molecule has 1 saturated heterocycles. The predicted octanol–water partition coefficient (Wildman–Crippen LogP) is 1.56. The van der Waals surface area contributed by atoms with Crippen molar-refractivity contribution in [3.05, 3.63) is 40.8 Å². The van der Waals surface area contributed by atoms with Gasteiger partial charge in [-0.3, -0.25) is 9.59 Å². The third-order valence-electron chi connectivity index (χ3n) is 3.59. The Labute approximate surface area is 141 Å². The zero-order chi connectivity index (χ0) is 17.8. The Kier molecular flexibility index (Phi) is 4.78. The normalized spacial score (nSPS) is 14.2. The quantitative estimate of drug-likeness (QED) is 0.444. The van der Waals surface area contributed by atoms with Gasteiger partial charge in [0, 0.05) is 30.4 Å². The number of hydrogen-bond donors (Lipinski definition) is 0. The van der Waals surface area contributed by atoms with Gasteiger partial charge in [0.15, 0.2) is 0 Å². The number of imide groups is 1. The van der Waals surface area contributed by atoms with Crippen molar-refractivity contribution in [2.45, 2.75) is 25.7 Å². The third-order valence-corrected chi connectivity index (χ3v) is 3.59. The van der Waals surface area contributed by atoms with Gasteiger partial charge in [-0.15, -0.1) is 5.06 Å². The molecule has 0 saturated carbocycles. The lowest BCUT2D eigenvalue weighted by molar-refractivity contribution is -0.197. The first-order chi connectivity index (χ1) is 12.0. The molecule has 0 bridgehead atoms. The standard InChI is InChI=1S/C17H15NO7/c19-14-6-7-15(20)18(14)25-17(22)2-1-9-23-12-5-3-11-4-8-16(21)24-13(11)10-12/h3-5,8,10H,1-2,6-7,9H2. The number of benzene rings is 1. The molecule has 8 heteroatoms. The molecule has 2 heterocycles. The third kappa shape index (κ3) is 4.03. The maximum Gasteiger partial charge on any atom is 0.336 e. The molecule has 0 radical (unpaired) electrons. The Morgan fingerprint density at radius 1 is 1.08 bits per heavy atom. The van der Waals surface area contributed by atoms with Crippen LogP contribution in [0.1, 0.15) is 25.7 Å². The lowest BCUT2D eigenvalue weighted by atomic mass is 10.2. The number of carbonyl (C=O) groups is 3. The molecule has 0 unspecified atom stereocenters. The smallest absolute Gasteiger partial charge is 0.336 e. The molecule has 1 aliphatic rings. The molecule has 130 valence electrons. The molecule has 8 nitrogen and oxygen atoms in total. The van der Waals surface area contributed by atoms with Crippen LogP contribution in [0.5, 0.6) is 5.75 Å². The van der Waals surface area contributed by atoms with Crippen LogP contribution < -0.4 is 10.4 Å². The molecular formula is C17H15NO7. The molecule has 0 aliphatic carbocycles. The first kappa shape index (κ1) is 16.7. The molecule has 1 fully saturated rings. The second-order valence-corrected chi connectivity index (χ2v) is 5.45. The van der Waals surface area contributed by atoms with Crippen LogP contribution in [0.3, 0.4) is 0 Å². The van der Waals surface area contributed by atoms with Crippen LogP contribution in [-0.2, 0) is 19.2 Å². The Morgan fingerprint density at radius 3 is 2.56 bits per heavy atom. The molecule has 0 N–H and O–H groups in total. The van der Waals surface area contributed by atoms with E-state index < -0.39 is 23.4 Å². The first-order valence-corrected chi connectivity index (χ1v) is 7.76. The van der Waals surface area contributed by atoms with Crippen molar-refractivity contribution in [2.75, 3.05) is 6.61 Å². The molecule has 1 aromatic carbocycles. The minimum absolute atomic E-state index is 0.000273. The highest BCUT2D eigenvalue weighted by Gasteiger charge is 2.32. The summed E-state index contributed by atoms with van der Waals surface area (Å²) in [6, 6.07) is 8.07. The molecule has 2 aromatic rings. The van der Waals surface area contributed by atoms with Crippen molar-refractivity contribution in [1.29, 1.82) is 0 Å². The predicted molar refractivity (Wildman–Crippen MR) is 84.4 cm³/mol. The zero-order valence-electron chi connectivity index (χ0n) is 13.2. The van der Waals surface area contributed by atoms with Crippen LogP contribution in [0.15, 0.2) is 39.5 Å². The average molecular weight is 345 g/mol. The van der Waals surface area contributed by atoms with Crippen LogP contribution in [-0.4, -0.2) is 29.5 Å². The molecule has 2 amide bonds. The van der Waals surface area contributed by atoms with Gasteiger partial charge in [-0.25, -0.2) is 9.59 Å². The monoisotopic (exact) mass is 345 g/mol. The van der Waals surface area contributed by atoms with Gasteiger partial charge >= 0.3 is 11.6 Å². The minimum atomic E-state index is -0.670. The van der Waals surface area contributed by atoms with Crippen LogP contribution in [0.4, 0.5) is 0 Å². The number of rotatable bonds is 6. The molecule has 25 heavy (non-hydrogen) atoms. The van der Waals surface area contributed by atoms with E-state index in [9.17, 15) is 19.2 Å². The maximum absolute atomic E-state index is 11.6. The van der Waals surface area contributed by atoms with E-state index in [0.29, 0.717) is 22.8 Å². The summed E-state index contributed by atoms with van der Waals surface area (Å²) in [6.45, 7) is 0.222. The van der Waals surface area contributed by atoms with Crippen molar-refractivity contribution in [2.24, 2.45) is 0 Å². The second kappa shape index (κ2) is 7.16. The molecule has 3 rings (SSSR count). The van der Waals surface area contributed by atoms with Crippen LogP contribution in [0.25, 0.3) is 11.0 Å². The average Bonchev–Trinajstić information content (AvgIpc) is 2.90. The fourth-order valence-electron chi connectivity index (χ4n) is 2.34. The highest BCUT2D eigenvalue weighted by Crippen LogP contribution is 2.19. The summed E-state index contributed by atoms with van der Waals surface area (Å²) in [7, 11) is 0. The fourth-order valence-corrected chi connectivity index (χ4v) is 2.34. The highest BCUT2D eigenvalue weighted by molar-refractivity contribution is 6.01. The number of hydrogen-bond acceptors (Lipinski definition) is 7. The second-order valence-electron chi connectivity index (χ2n) is 5.45. The lowest BCUT2D eigenvalue weighted by Gasteiger charge is -2.12. The lowest BCUT2D eigenvalue weighted by Crippen LogP contribution is -2.32. The van der Waals surface area contributed by atoms with Gasteiger partial charge < -0.3 is 14.0 Å². The van der Waals surface area contributed by atoms with Gasteiger partial charge in [0.25, 0.3) is 11.8 Å². The molecule has 0 atom stereocenters. The number of nitrogens with zero attached hydrogens (tertiary/aromatic N) is 1.